The van der Waals surface area contributed by atoms with E-state index in [0.29, 0.717) is 4.53 Å². The van der Waals surface area contributed by atoms with Crippen LogP contribution in [0.1, 0.15) is 19.4 Å². The van der Waals surface area contributed by atoms with E-state index in [4.69, 9.17) is 0 Å². The molecule has 0 bridgehead atoms. The van der Waals surface area contributed by atoms with Crippen molar-refractivity contribution in [2.24, 2.45) is 0 Å². The van der Waals surface area contributed by atoms with Gasteiger partial charge in [0.2, 0.25) is 0 Å². The van der Waals surface area contributed by atoms with Crippen LogP contribution in [0.3, 0.4) is 0 Å². The van der Waals surface area contributed by atoms with E-state index in [9.17, 15) is 4.79 Å². The van der Waals surface area contributed by atoms with Crippen molar-refractivity contribution in [2.75, 3.05) is 11.9 Å². The van der Waals surface area contributed by atoms with Crippen LogP contribution in [0.25, 0.3) is 22.1 Å². The zero-order chi connectivity index (χ0) is 18.8. The van der Waals surface area contributed by atoms with E-state index >= 15 is 0 Å². The van der Waals surface area contributed by atoms with Crippen LogP contribution in [0.15, 0.2) is 65.1 Å². The third-order valence-electron chi connectivity index (χ3n) is 5.48. The number of allylic oxidation sites excluding steroid dienone is 2. The first-order valence-corrected chi connectivity index (χ1v) is 9.76. The Morgan fingerprint density at radius 1 is 1.04 bits per heavy atom. The van der Waals surface area contributed by atoms with Crippen molar-refractivity contribution in [2.45, 2.75) is 19.3 Å². The third kappa shape index (κ3) is 2.21. The first kappa shape index (κ1) is 16.3. The zero-order valence-corrected chi connectivity index (χ0v) is 16.2. The lowest BCUT2D eigenvalue weighted by atomic mass is 9.84. The molecule has 0 N–H and O–H groups in total. The number of rotatable bonds is 1. The van der Waals surface area contributed by atoms with Crippen molar-refractivity contribution < 1.29 is 0 Å². The molecule has 0 saturated heterocycles. The summed E-state index contributed by atoms with van der Waals surface area (Å²) in [6.07, 6.45) is 4.02. The summed E-state index contributed by atoms with van der Waals surface area (Å²) in [6, 6.07) is 16.2. The molecule has 4 nitrogen and oxygen atoms in total. The molecule has 0 atom stereocenters. The summed E-state index contributed by atoms with van der Waals surface area (Å²) < 4.78 is 2.42. The van der Waals surface area contributed by atoms with Crippen molar-refractivity contribution in [3.8, 4) is 0 Å². The lowest BCUT2D eigenvalue weighted by molar-refractivity contribution is 0.641. The molecular formula is C22H19N3OS. The Balaban J connectivity index is 1.68. The molecule has 27 heavy (non-hydrogen) atoms. The summed E-state index contributed by atoms with van der Waals surface area (Å²) in [6.45, 7) is 4.45. The molecule has 0 unspecified atom stereocenters. The number of nitrogens with zero attached hydrogens (tertiary/aromatic N) is 3. The summed E-state index contributed by atoms with van der Waals surface area (Å²) in [7, 11) is 2.08. The molecule has 3 heterocycles. The number of fused-ring (bicyclic) bond motifs is 4. The number of anilines is 1. The van der Waals surface area contributed by atoms with Crippen molar-refractivity contribution in [1.29, 1.82) is 0 Å². The minimum atomic E-state index is -0.102. The fraction of sp³-hybridized carbons (Fsp3) is 0.182. The maximum Gasteiger partial charge on any atom is 0.274 e. The molecule has 0 amide bonds. The molecule has 134 valence electrons. The number of likely N-dealkylation sites (N-methyl/N-ethyl adjacent to an activating group) is 1. The molecule has 4 aromatic rings. The van der Waals surface area contributed by atoms with Crippen LogP contribution < -0.4 is 15.0 Å². The molecule has 2 aromatic heterocycles. The molecule has 0 aliphatic carbocycles. The van der Waals surface area contributed by atoms with Crippen LogP contribution in [0.4, 0.5) is 5.69 Å². The highest BCUT2D eigenvalue weighted by Crippen LogP contribution is 2.46. The maximum absolute atomic E-state index is 12.9. The van der Waals surface area contributed by atoms with Gasteiger partial charge < -0.3 is 4.90 Å². The second-order valence-electron chi connectivity index (χ2n) is 7.41. The zero-order valence-electron chi connectivity index (χ0n) is 15.4. The van der Waals surface area contributed by atoms with Crippen LogP contribution >= 0.6 is 11.3 Å². The lowest BCUT2D eigenvalue weighted by Crippen LogP contribution is -2.24. The average Bonchev–Trinajstić information content (AvgIpc) is 3.23. The molecule has 2 aromatic carbocycles. The summed E-state index contributed by atoms with van der Waals surface area (Å²) in [5.41, 5.74) is 5.33. The number of imidazole rings is 1. The van der Waals surface area contributed by atoms with Gasteiger partial charge in [0.05, 0.1) is 15.6 Å². The van der Waals surface area contributed by atoms with Crippen molar-refractivity contribution in [1.82, 2.24) is 9.38 Å². The molecule has 0 saturated carbocycles. The molecule has 5 rings (SSSR count). The normalized spacial score (nSPS) is 18.1. The van der Waals surface area contributed by atoms with E-state index in [0.717, 1.165) is 16.0 Å². The van der Waals surface area contributed by atoms with E-state index in [1.807, 2.05) is 30.3 Å². The minimum Gasteiger partial charge on any atom is -0.347 e. The predicted molar refractivity (Wildman–Crippen MR) is 112 cm³/mol. The summed E-state index contributed by atoms with van der Waals surface area (Å²) in [5, 5.41) is 0. The van der Waals surface area contributed by atoms with Gasteiger partial charge in [-0.1, -0.05) is 55.5 Å². The van der Waals surface area contributed by atoms with Gasteiger partial charge in [0.1, 0.15) is 0 Å². The molecular weight excluding hydrogens is 354 g/mol. The molecule has 0 fully saturated rings. The van der Waals surface area contributed by atoms with Gasteiger partial charge in [0.25, 0.3) is 5.56 Å². The van der Waals surface area contributed by atoms with Crippen LogP contribution in [0, 0.1) is 0 Å². The Labute approximate surface area is 160 Å². The SMILES string of the molecule is CN1C(=CC=c2sc3nc4ccccc4n3c2=O)C(C)(C)c2ccccc21. The smallest absolute Gasteiger partial charge is 0.274 e. The van der Waals surface area contributed by atoms with E-state index < -0.39 is 0 Å². The first-order valence-electron chi connectivity index (χ1n) is 8.94. The highest BCUT2D eigenvalue weighted by Gasteiger charge is 2.37. The largest absolute Gasteiger partial charge is 0.347 e. The van der Waals surface area contributed by atoms with Gasteiger partial charge in [-0.3, -0.25) is 4.79 Å². The van der Waals surface area contributed by atoms with E-state index in [2.05, 4.69) is 61.1 Å². The topological polar surface area (TPSA) is 37.6 Å². The van der Waals surface area contributed by atoms with Crippen LogP contribution in [-0.4, -0.2) is 16.4 Å². The fourth-order valence-electron chi connectivity index (χ4n) is 4.08. The number of hydrogen-bond acceptors (Lipinski definition) is 4. The van der Waals surface area contributed by atoms with E-state index in [1.165, 1.54) is 28.3 Å². The molecule has 1 aliphatic heterocycles. The van der Waals surface area contributed by atoms with Gasteiger partial charge in [-0.2, -0.15) is 0 Å². The molecule has 5 heteroatoms. The first-order chi connectivity index (χ1) is 13.0. The summed E-state index contributed by atoms with van der Waals surface area (Å²) in [5.74, 6) is 0. The molecule has 0 radical (unpaired) electrons. The van der Waals surface area contributed by atoms with E-state index in [1.54, 1.807) is 4.40 Å². The van der Waals surface area contributed by atoms with Crippen LogP contribution in [0.2, 0.25) is 0 Å². The number of para-hydroxylation sites is 3. The second kappa shape index (κ2) is 5.54. The number of thiazole rings is 1. The Hall–Kier alpha value is -2.92. The van der Waals surface area contributed by atoms with Gasteiger partial charge >= 0.3 is 0 Å². The Morgan fingerprint density at radius 2 is 1.78 bits per heavy atom. The number of aromatic nitrogens is 2. The highest BCUT2D eigenvalue weighted by atomic mass is 32.1. The Kier molecular flexibility index (Phi) is 3.34. The van der Waals surface area contributed by atoms with Gasteiger partial charge in [-0.15, -0.1) is 0 Å². The third-order valence-corrected chi connectivity index (χ3v) is 6.47. The highest BCUT2D eigenvalue weighted by molar-refractivity contribution is 7.15. The standard InChI is InChI=1S/C22H19N3OS/c1-22(2)14-8-4-6-10-16(14)24(3)19(22)13-12-18-20(26)25-17-11-7-5-9-15(17)23-21(25)27-18/h4-13H,1-3H3. The Bertz CT molecular complexity index is 1340. The van der Waals surface area contributed by atoms with Crippen molar-refractivity contribution >= 4 is 39.1 Å². The number of benzene rings is 2. The van der Waals surface area contributed by atoms with Crippen molar-refractivity contribution in [3.63, 3.8) is 0 Å². The van der Waals surface area contributed by atoms with Gasteiger partial charge in [-0.25, -0.2) is 9.38 Å². The Morgan fingerprint density at radius 3 is 2.59 bits per heavy atom. The monoisotopic (exact) mass is 373 g/mol. The van der Waals surface area contributed by atoms with Crippen LogP contribution in [0.5, 0.6) is 0 Å². The molecule has 1 aliphatic rings. The minimum absolute atomic E-state index is 0.00322. The summed E-state index contributed by atoms with van der Waals surface area (Å²) in [4.78, 5) is 20.5. The second-order valence-corrected chi connectivity index (χ2v) is 8.42. The fourth-order valence-corrected chi connectivity index (χ4v) is 5.01. The number of hydrogen-bond donors (Lipinski definition) is 0. The van der Waals surface area contributed by atoms with Gasteiger partial charge in [0, 0.05) is 23.8 Å². The van der Waals surface area contributed by atoms with Gasteiger partial charge in [-0.05, 0) is 35.9 Å². The molecule has 0 spiro atoms. The maximum atomic E-state index is 12.9. The van der Waals surface area contributed by atoms with Crippen molar-refractivity contribution in [3.05, 3.63) is 80.8 Å². The lowest BCUT2D eigenvalue weighted by Gasteiger charge is -2.23. The van der Waals surface area contributed by atoms with Crippen LogP contribution in [-0.2, 0) is 5.41 Å². The quantitative estimate of drug-likeness (QED) is 0.510. The summed E-state index contributed by atoms with van der Waals surface area (Å²) >= 11 is 1.44. The van der Waals surface area contributed by atoms with Gasteiger partial charge in [0.15, 0.2) is 4.96 Å². The predicted octanol–water partition coefficient (Wildman–Crippen LogP) is 3.72. The average molecular weight is 373 g/mol. The van der Waals surface area contributed by atoms with E-state index in [-0.39, 0.29) is 11.0 Å².